The van der Waals surface area contributed by atoms with Crippen LogP contribution in [0.4, 0.5) is 4.39 Å². The second-order valence-corrected chi connectivity index (χ2v) is 5.19. The topological polar surface area (TPSA) is 12.0 Å². The van der Waals surface area contributed by atoms with Crippen molar-refractivity contribution in [3.05, 3.63) is 35.1 Å². The first-order chi connectivity index (χ1) is 7.80. The Balaban J connectivity index is 2.04. The molecule has 16 heavy (non-hydrogen) atoms. The van der Waals surface area contributed by atoms with Gasteiger partial charge in [-0.1, -0.05) is 6.07 Å². The van der Waals surface area contributed by atoms with E-state index in [9.17, 15) is 4.39 Å². The number of benzene rings is 1. The Kier molecular flexibility index (Phi) is 2.47. The van der Waals surface area contributed by atoms with Crippen LogP contribution in [-0.4, -0.2) is 13.1 Å². The molecule has 1 aromatic rings. The number of hydrogen-bond acceptors (Lipinski definition) is 1. The summed E-state index contributed by atoms with van der Waals surface area (Å²) < 4.78 is 13.2. The van der Waals surface area contributed by atoms with Crippen molar-refractivity contribution in [1.82, 2.24) is 5.32 Å². The van der Waals surface area contributed by atoms with E-state index in [4.69, 9.17) is 0 Å². The van der Waals surface area contributed by atoms with Gasteiger partial charge >= 0.3 is 0 Å². The largest absolute Gasteiger partial charge is 0.317 e. The molecule has 1 aromatic carbocycles. The minimum absolute atomic E-state index is 0.0789. The van der Waals surface area contributed by atoms with Crippen LogP contribution in [0.15, 0.2) is 18.2 Å². The van der Waals surface area contributed by atoms with Crippen molar-refractivity contribution >= 4 is 0 Å². The molecule has 1 heterocycles. The number of nitrogens with one attached hydrogen (secondary N) is 1. The van der Waals surface area contributed by atoms with E-state index >= 15 is 0 Å². The zero-order valence-corrected chi connectivity index (χ0v) is 9.56. The third kappa shape index (κ3) is 1.56. The molecule has 1 saturated heterocycles. The molecule has 0 unspecified atom stereocenters. The predicted octanol–water partition coefficient (Wildman–Crippen LogP) is 2.78. The Labute approximate surface area is 96.1 Å². The fourth-order valence-electron chi connectivity index (χ4n) is 3.46. The lowest BCUT2D eigenvalue weighted by molar-refractivity contribution is 0.268. The second kappa shape index (κ2) is 3.85. The zero-order valence-electron chi connectivity index (χ0n) is 9.56. The van der Waals surface area contributed by atoms with Crippen molar-refractivity contribution in [3.63, 3.8) is 0 Å². The first-order valence-corrected chi connectivity index (χ1v) is 6.30. The van der Waals surface area contributed by atoms with Gasteiger partial charge in [0.15, 0.2) is 0 Å². The first kappa shape index (κ1) is 10.3. The Morgan fingerprint density at radius 3 is 2.75 bits per heavy atom. The van der Waals surface area contributed by atoms with Crippen LogP contribution in [0.25, 0.3) is 0 Å². The molecule has 0 saturated carbocycles. The van der Waals surface area contributed by atoms with E-state index in [0.29, 0.717) is 5.41 Å². The van der Waals surface area contributed by atoms with Gasteiger partial charge < -0.3 is 5.32 Å². The summed E-state index contributed by atoms with van der Waals surface area (Å²) in [6.07, 6.45) is 5.99. The average Bonchev–Trinajstić information content (AvgIpc) is 2.30. The van der Waals surface area contributed by atoms with Gasteiger partial charge in [-0.25, -0.2) is 4.39 Å². The molecule has 1 N–H and O–H groups in total. The van der Waals surface area contributed by atoms with E-state index < -0.39 is 0 Å². The fraction of sp³-hybridized carbons (Fsp3) is 0.571. The summed E-state index contributed by atoms with van der Waals surface area (Å²) >= 11 is 0. The summed E-state index contributed by atoms with van der Waals surface area (Å²) in [4.78, 5) is 0. The van der Waals surface area contributed by atoms with Crippen LogP contribution in [0.3, 0.4) is 0 Å². The van der Waals surface area contributed by atoms with Crippen LogP contribution in [0, 0.1) is 5.82 Å². The summed E-state index contributed by atoms with van der Waals surface area (Å²) in [7, 11) is 0. The van der Waals surface area contributed by atoms with Crippen molar-refractivity contribution in [2.24, 2.45) is 0 Å². The quantitative estimate of drug-likeness (QED) is 0.707. The molecule has 1 spiro atoms. The van der Waals surface area contributed by atoms with Gasteiger partial charge in [-0.15, -0.1) is 0 Å². The molecule has 86 valence electrons. The van der Waals surface area contributed by atoms with Crippen molar-refractivity contribution in [2.75, 3.05) is 13.1 Å². The van der Waals surface area contributed by atoms with Crippen molar-refractivity contribution in [2.45, 2.75) is 37.5 Å². The molecule has 0 radical (unpaired) electrons. The molecule has 1 aliphatic heterocycles. The number of piperidine rings is 1. The van der Waals surface area contributed by atoms with Crippen molar-refractivity contribution < 1.29 is 4.39 Å². The van der Waals surface area contributed by atoms with Crippen LogP contribution < -0.4 is 5.32 Å². The molecule has 0 bridgehead atoms. The van der Waals surface area contributed by atoms with Crippen LogP contribution in [0.5, 0.6) is 0 Å². The minimum atomic E-state index is -0.0789. The highest BCUT2D eigenvalue weighted by Crippen LogP contribution is 2.43. The minimum Gasteiger partial charge on any atom is -0.317 e. The van der Waals surface area contributed by atoms with Crippen molar-refractivity contribution in [3.8, 4) is 0 Å². The van der Waals surface area contributed by atoms with Crippen LogP contribution in [-0.2, 0) is 11.8 Å². The summed E-state index contributed by atoms with van der Waals surface area (Å²) in [5.74, 6) is -0.0789. The Hall–Kier alpha value is -0.890. The van der Waals surface area contributed by atoms with Crippen LogP contribution in [0.1, 0.15) is 36.8 Å². The highest BCUT2D eigenvalue weighted by Gasteiger charge is 2.37. The maximum absolute atomic E-state index is 13.2. The summed E-state index contributed by atoms with van der Waals surface area (Å²) in [6, 6.07) is 5.42. The van der Waals surface area contributed by atoms with E-state index in [0.717, 1.165) is 19.5 Å². The normalized spacial score (nSPS) is 23.1. The van der Waals surface area contributed by atoms with Gasteiger partial charge in [0.2, 0.25) is 0 Å². The Morgan fingerprint density at radius 2 is 1.94 bits per heavy atom. The summed E-state index contributed by atoms with van der Waals surface area (Å²) in [5, 5.41) is 3.42. The monoisotopic (exact) mass is 219 g/mol. The molecule has 3 rings (SSSR count). The van der Waals surface area contributed by atoms with E-state index in [1.54, 1.807) is 12.1 Å². The number of hydrogen-bond donors (Lipinski definition) is 1. The van der Waals surface area contributed by atoms with Crippen LogP contribution >= 0.6 is 0 Å². The van der Waals surface area contributed by atoms with Gasteiger partial charge in [-0.3, -0.25) is 0 Å². The molecular weight excluding hydrogens is 201 g/mol. The molecule has 1 nitrogen and oxygen atoms in total. The molecule has 1 fully saturated rings. The lowest BCUT2D eigenvalue weighted by atomic mass is 9.65. The molecule has 0 atom stereocenters. The standard InChI is InChI=1S/C14H18FN/c15-12-3-4-13-11(10-12)2-1-5-14(13)6-8-16-9-7-14/h3-4,10,16H,1-2,5-9H2. The summed E-state index contributed by atoms with van der Waals surface area (Å²) in [6.45, 7) is 2.22. The predicted molar refractivity (Wildman–Crippen MR) is 63.1 cm³/mol. The molecular formula is C14H18FN. The molecule has 1 aliphatic carbocycles. The SMILES string of the molecule is Fc1ccc2c(c1)CCCC21CCNCC1. The van der Waals surface area contributed by atoms with Gasteiger partial charge in [0, 0.05) is 0 Å². The van der Waals surface area contributed by atoms with Gasteiger partial charge in [0.05, 0.1) is 0 Å². The smallest absolute Gasteiger partial charge is 0.123 e. The maximum Gasteiger partial charge on any atom is 0.123 e. The highest BCUT2D eigenvalue weighted by atomic mass is 19.1. The molecule has 2 heteroatoms. The Morgan fingerprint density at radius 1 is 1.12 bits per heavy atom. The number of fused-ring (bicyclic) bond motifs is 2. The number of aryl methyl sites for hydroxylation is 1. The highest BCUT2D eigenvalue weighted by molar-refractivity contribution is 5.37. The van der Waals surface area contributed by atoms with E-state index in [1.807, 2.05) is 6.07 Å². The second-order valence-electron chi connectivity index (χ2n) is 5.19. The maximum atomic E-state index is 13.2. The molecule has 0 aromatic heterocycles. The lowest BCUT2D eigenvalue weighted by Gasteiger charge is -2.42. The van der Waals surface area contributed by atoms with Gasteiger partial charge in [-0.05, 0) is 73.9 Å². The van der Waals surface area contributed by atoms with Gasteiger partial charge in [0.1, 0.15) is 5.82 Å². The van der Waals surface area contributed by atoms with E-state index in [2.05, 4.69) is 5.32 Å². The number of halogens is 1. The fourth-order valence-corrected chi connectivity index (χ4v) is 3.46. The first-order valence-electron chi connectivity index (χ1n) is 6.30. The number of rotatable bonds is 0. The Bertz CT molecular complexity index is 394. The van der Waals surface area contributed by atoms with Crippen molar-refractivity contribution in [1.29, 1.82) is 0 Å². The molecule has 0 amide bonds. The van der Waals surface area contributed by atoms with E-state index in [-0.39, 0.29) is 5.82 Å². The third-order valence-corrected chi connectivity index (χ3v) is 4.30. The van der Waals surface area contributed by atoms with E-state index in [1.165, 1.54) is 36.8 Å². The zero-order chi connectivity index (χ0) is 11.0. The van der Waals surface area contributed by atoms with Gasteiger partial charge in [-0.2, -0.15) is 0 Å². The molecule has 2 aliphatic rings. The van der Waals surface area contributed by atoms with Crippen LogP contribution in [0.2, 0.25) is 0 Å². The van der Waals surface area contributed by atoms with Gasteiger partial charge in [0.25, 0.3) is 0 Å². The summed E-state index contributed by atoms with van der Waals surface area (Å²) in [5.41, 5.74) is 3.04. The average molecular weight is 219 g/mol. The lowest BCUT2D eigenvalue weighted by Crippen LogP contribution is -2.42. The third-order valence-electron chi connectivity index (χ3n) is 4.30.